The van der Waals surface area contributed by atoms with Gasteiger partial charge in [0.1, 0.15) is 0 Å². The Morgan fingerprint density at radius 2 is 1.64 bits per heavy atom. The molecule has 0 amide bonds. The fraction of sp³-hybridized carbons (Fsp3) is 1.00. The van der Waals surface area contributed by atoms with Crippen molar-refractivity contribution in [1.29, 1.82) is 0 Å². The van der Waals surface area contributed by atoms with Gasteiger partial charge in [-0.15, -0.1) is 0 Å². The third-order valence-corrected chi connectivity index (χ3v) is 2.11. The van der Waals surface area contributed by atoms with E-state index in [9.17, 15) is 0 Å². The number of nitrogens with zero attached hydrogens (tertiary/aromatic N) is 2. The number of aliphatic hydroxyl groups excluding tert-OH is 1. The molecule has 3 N–H and O–H groups in total. The van der Waals surface area contributed by atoms with Crippen molar-refractivity contribution in [3.8, 4) is 0 Å². The Labute approximate surface area is 67.6 Å². The molecule has 0 aliphatic carbocycles. The lowest BCUT2D eigenvalue weighted by Crippen LogP contribution is -2.47. The van der Waals surface area contributed by atoms with Gasteiger partial charge in [0.2, 0.25) is 0 Å². The second kappa shape index (κ2) is 4.66. The molecule has 0 saturated carbocycles. The van der Waals surface area contributed by atoms with Crippen LogP contribution in [-0.2, 0) is 0 Å². The average molecular weight is 159 g/mol. The quantitative estimate of drug-likeness (QED) is 0.527. The van der Waals surface area contributed by atoms with Crippen molar-refractivity contribution in [2.75, 3.05) is 46.0 Å². The second-order valence-electron chi connectivity index (χ2n) is 2.89. The third kappa shape index (κ3) is 2.75. The molecule has 1 rings (SSSR count). The molecular formula is C7H17N3O. The Hall–Kier alpha value is -0.160. The Kier molecular flexibility index (Phi) is 3.79. The van der Waals surface area contributed by atoms with Gasteiger partial charge in [-0.05, 0) is 0 Å². The maximum Gasteiger partial charge on any atom is 0.0957 e. The number of piperazine rings is 1. The standard InChI is InChI=1S/C7H17N3O/c8-1-2-9-3-5-10(7-11)6-4-9/h11H,1-8H2. The molecule has 0 spiro atoms. The highest BCUT2D eigenvalue weighted by Crippen LogP contribution is 1.98. The monoisotopic (exact) mass is 159 g/mol. The molecule has 0 aromatic carbocycles. The molecule has 11 heavy (non-hydrogen) atoms. The molecule has 1 aliphatic rings. The minimum absolute atomic E-state index is 0.191. The van der Waals surface area contributed by atoms with Crippen LogP contribution in [0.15, 0.2) is 0 Å². The summed E-state index contributed by atoms with van der Waals surface area (Å²) in [5.74, 6) is 0. The lowest BCUT2D eigenvalue weighted by atomic mass is 10.3. The molecule has 1 saturated heterocycles. The van der Waals surface area contributed by atoms with Crippen LogP contribution in [0.1, 0.15) is 0 Å². The number of hydrogen-bond donors (Lipinski definition) is 2. The topological polar surface area (TPSA) is 52.7 Å². The van der Waals surface area contributed by atoms with E-state index in [1.54, 1.807) is 0 Å². The summed E-state index contributed by atoms with van der Waals surface area (Å²) >= 11 is 0. The van der Waals surface area contributed by atoms with Crippen LogP contribution in [0, 0.1) is 0 Å². The number of rotatable bonds is 3. The normalized spacial score (nSPS) is 22.4. The van der Waals surface area contributed by atoms with Crippen molar-refractivity contribution in [2.45, 2.75) is 0 Å². The van der Waals surface area contributed by atoms with Crippen molar-refractivity contribution in [2.24, 2.45) is 5.73 Å². The smallest absolute Gasteiger partial charge is 0.0957 e. The van der Waals surface area contributed by atoms with E-state index in [-0.39, 0.29) is 6.73 Å². The highest BCUT2D eigenvalue weighted by molar-refractivity contribution is 4.69. The Balaban J connectivity index is 2.14. The van der Waals surface area contributed by atoms with Gasteiger partial charge in [0.05, 0.1) is 6.73 Å². The molecule has 4 heteroatoms. The molecule has 4 nitrogen and oxygen atoms in total. The Morgan fingerprint density at radius 1 is 1.09 bits per heavy atom. The van der Waals surface area contributed by atoms with Gasteiger partial charge in [-0.25, -0.2) is 0 Å². The fourth-order valence-corrected chi connectivity index (χ4v) is 1.34. The van der Waals surface area contributed by atoms with Crippen LogP contribution in [0.2, 0.25) is 0 Å². The van der Waals surface area contributed by atoms with E-state index in [1.807, 2.05) is 4.90 Å². The fourth-order valence-electron chi connectivity index (χ4n) is 1.34. The minimum atomic E-state index is 0.191. The second-order valence-corrected chi connectivity index (χ2v) is 2.89. The summed E-state index contributed by atoms with van der Waals surface area (Å²) in [5.41, 5.74) is 5.42. The predicted molar refractivity (Wildman–Crippen MR) is 44.2 cm³/mol. The SMILES string of the molecule is NCCN1CCN(CO)CC1. The zero-order chi connectivity index (χ0) is 8.10. The number of nitrogens with two attached hydrogens (primary N) is 1. The first-order valence-corrected chi connectivity index (χ1v) is 4.12. The molecule has 0 atom stereocenters. The first-order valence-electron chi connectivity index (χ1n) is 4.12. The number of aliphatic hydroxyl groups is 1. The maximum atomic E-state index is 8.79. The van der Waals surface area contributed by atoms with Crippen molar-refractivity contribution in [3.05, 3.63) is 0 Å². The van der Waals surface area contributed by atoms with Gasteiger partial charge >= 0.3 is 0 Å². The highest BCUT2D eigenvalue weighted by Gasteiger charge is 2.14. The molecule has 0 radical (unpaired) electrons. The maximum absolute atomic E-state index is 8.79. The van der Waals surface area contributed by atoms with Gasteiger partial charge in [-0.3, -0.25) is 9.80 Å². The zero-order valence-corrected chi connectivity index (χ0v) is 6.87. The van der Waals surface area contributed by atoms with E-state index >= 15 is 0 Å². The third-order valence-electron chi connectivity index (χ3n) is 2.11. The molecule has 0 aromatic heterocycles. The van der Waals surface area contributed by atoms with Crippen LogP contribution in [0.3, 0.4) is 0 Å². The van der Waals surface area contributed by atoms with Crippen LogP contribution in [-0.4, -0.2) is 60.9 Å². The highest BCUT2D eigenvalue weighted by atomic mass is 16.3. The van der Waals surface area contributed by atoms with Crippen LogP contribution in [0.4, 0.5) is 0 Å². The van der Waals surface area contributed by atoms with Crippen molar-refractivity contribution < 1.29 is 5.11 Å². The molecular weight excluding hydrogens is 142 g/mol. The van der Waals surface area contributed by atoms with E-state index < -0.39 is 0 Å². The van der Waals surface area contributed by atoms with Crippen LogP contribution < -0.4 is 5.73 Å². The molecule has 0 unspecified atom stereocenters. The van der Waals surface area contributed by atoms with Gasteiger partial charge in [-0.1, -0.05) is 0 Å². The summed E-state index contributed by atoms with van der Waals surface area (Å²) in [5, 5.41) is 8.79. The summed E-state index contributed by atoms with van der Waals surface area (Å²) in [7, 11) is 0. The van der Waals surface area contributed by atoms with Gasteiger partial charge in [0.25, 0.3) is 0 Å². The van der Waals surface area contributed by atoms with Gasteiger partial charge in [-0.2, -0.15) is 0 Å². The minimum Gasteiger partial charge on any atom is -0.381 e. The van der Waals surface area contributed by atoms with Crippen LogP contribution in [0.5, 0.6) is 0 Å². The van der Waals surface area contributed by atoms with E-state index in [2.05, 4.69) is 4.90 Å². The van der Waals surface area contributed by atoms with Gasteiger partial charge in [0, 0.05) is 39.3 Å². The molecule has 0 bridgehead atoms. The molecule has 1 heterocycles. The average Bonchev–Trinajstić information content (AvgIpc) is 2.07. The van der Waals surface area contributed by atoms with Crippen LogP contribution in [0.25, 0.3) is 0 Å². The van der Waals surface area contributed by atoms with Gasteiger partial charge < -0.3 is 10.8 Å². The molecule has 1 fully saturated rings. The molecule has 0 aromatic rings. The van der Waals surface area contributed by atoms with E-state index in [0.717, 1.165) is 39.3 Å². The lowest BCUT2D eigenvalue weighted by molar-refractivity contribution is 0.0555. The van der Waals surface area contributed by atoms with Gasteiger partial charge in [0.15, 0.2) is 0 Å². The van der Waals surface area contributed by atoms with E-state index in [4.69, 9.17) is 10.8 Å². The summed E-state index contributed by atoms with van der Waals surface area (Å²) in [6.07, 6.45) is 0. The Morgan fingerprint density at radius 3 is 2.09 bits per heavy atom. The Bertz CT molecular complexity index is 102. The summed E-state index contributed by atoms with van der Waals surface area (Å²) in [4.78, 5) is 4.36. The predicted octanol–water partition coefficient (Wildman–Crippen LogP) is -1.49. The van der Waals surface area contributed by atoms with E-state index in [1.165, 1.54) is 0 Å². The number of hydrogen-bond acceptors (Lipinski definition) is 4. The summed E-state index contributed by atoms with van der Waals surface area (Å²) in [6, 6.07) is 0. The van der Waals surface area contributed by atoms with E-state index in [0.29, 0.717) is 0 Å². The first-order chi connectivity index (χ1) is 5.36. The molecule has 66 valence electrons. The summed E-state index contributed by atoms with van der Waals surface area (Å²) < 4.78 is 0. The van der Waals surface area contributed by atoms with Crippen molar-refractivity contribution in [1.82, 2.24) is 9.80 Å². The lowest BCUT2D eigenvalue weighted by Gasteiger charge is -2.32. The zero-order valence-electron chi connectivity index (χ0n) is 6.87. The molecule has 1 aliphatic heterocycles. The van der Waals surface area contributed by atoms with Crippen molar-refractivity contribution >= 4 is 0 Å². The first kappa shape index (κ1) is 8.93. The van der Waals surface area contributed by atoms with Crippen molar-refractivity contribution in [3.63, 3.8) is 0 Å². The van der Waals surface area contributed by atoms with Crippen LogP contribution >= 0.6 is 0 Å². The largest absolute Gasteiger partial charge is 0.381 e. The summed E-state index contributed by atoms with van der Waals surface area (Å²) in [6.45, 7) is 5.93.